The van der Waals surface area contributed by atoms with Crippen LogP contribution < -0.4 is 4.74 Å². The molecule has 0 unspecified atom stereocenters. The standard InChI is InChI=1S/C17H15NO3S2/c1-3-18-16(22)15(21-17(18)23)10-13-7-8-14(20-13)11-5-4-6-12(9-11)19-2/h4-10H,3H2,1-2H3. The van der Waals surface area contributed by atoms with Crippen molar-refractivity contribution in [3.8, 4) is 17.1 Å². The van der Waals surface area contributed by atoms with Crippen LogP contribution in [0.1, 0.15) is 12.7 Å². The van der Waals surface area contributed by atoms with Crippen molar-refractivity contribution in [3.05, 3.63) is 47.9 Å². The fourth-order valence-electron chi connectivity index (χ4n) is 2.26. The number of nitrogens with zero attached hydrogens (tertiary/aromatic N) is 1. The van der Waals surface area contributed by atoms with Crippen LogP contribution in [0.4, 0.5) is 0 Å². The molecule has 0 amide bonds. The second-order valence-corrected chi connectivity index (χ2v) is 5.60. The van der Waals surface area contributed by atoms with E-state index in [1.54, 1.807) is 18.1 Å². The summed E-state index contributed by atoms with van der Waals surface area (Å²) in [6.07, 6.45) is 1.76. The summed E-state index contributed by atoms with van der Waals surface area (Å²) in [4.78, 5) is 2.35. The van der Waals surface area contributed by atoms with Crippen LogP contribution in [0.3, 0.4) is 0 Å². The third kappa shape index (κ3) is 3.13. The summed E-state index contributed by atoms with van der Waals surface area (Å²) in [6.45, 7) is 2.65. The molecule has 1 aliphatic rings. The van der Waals surface area contributed by atoms with Crippen LogP contribution in [0.5, 0.6) is 5.75 Å². The van der Waals surface area contributed by atoms with Gasteiger partial charge in [0.15, 0.2) is 10.7 Å². The lowest BCUT2D eigenvalue weighted by molar-refractivity contribution is 0.415. The minimum absolute atomic E-state index is 0.378. The number of hydrogen-bond donors (Lipinski definition) is 0. The minimum atomic E-state index is 0.378. The fourth-order valence-corrected chi connectivity index (χ4v) is 2.94. The molecule has 118 valence electrons. The lowest BCUT2D eigenvalue weighted by atomic mass is 10.2. The Morgan fingerprint density at radius 2 is 2.04 bits per heavy atom. The molecule has 1 aliphatic heterocycles. The molecule has 1 saturated heterocycles. The van der Waals surface area contributed by atoms with Gasteiger partial charge in [-0.2, -0.15) is 0 Å². The normalized spacial score (nSPS) is 16.1. The van der Waals surface area contributed by atoms with E-state index in [1.807, 2.05) is 43.3 Å². The zero-order valence-corrected chi connectivity index (χ0v) is 14.4. The van der Waals surface area contributed by atoms with Crippen LogP contribution in [0.2, 0.25) is 0 Å². The summed E-state index contributed by atoms with van der Waals surface area (Å²) < 4.78 is 16.6. The maximum Gasteiger partial charge on any atom is 0.270 e. The van der Waals surface area contributed by atoms with Gasteiger partial charge >= 0.3 is 0 Å². The first kappa shape index (κ1) is 15.7. The predicted molar refractivity (Wildman–Crippen MR) is 97.3 cm³/mol. The van der Waals surface area contributed by atoms with E-state index >= 15 is 0 Å². The molecule has 1 aromatic carbocycles. The number of ether oxygens (including phenoxy) is 2. The minimum Gasteiger partial charge on any atom is -0.497 e. The van der Waals surface area contributed by atoms with Crippen molar-refractivity contribution in [2.75, 3.05) is 13.7 Å². The van der Waals surface area contributed by atoms with Gasteiger partial charge in [-0.3, -0.25) is 4.90 Å². The molecular formula is C17H15NO3S2. The van der Waals surface area contributed by atoms with E-state index in [2.05, 4.69) is 0 Å². The Kier molecular flexibility index (Phi) is 4.45. The van der Waals surface area contributed by atoms with Crippen molar-refractivity contribution in [1.29, 1.82) is 0 Å². The SMILES string of the molecule is CCN1C(=S)OC(=Cc2ccc(-c3cccc(OC)c3)o2)C1=S. The second-order valence-electron chi connectivity index (χ2n) is 4.86. The molecule has 0 N–H and O–H groups in total. The predicted octanol–water partition coefficient (Wildman–Crippen LogP) is 4.26. The lowest BCUT2D eigenvalue weighted by Gasteiger charge is -2.09. The number of furan rings is 1. The van der Waals surface area contributed by atoms with Crippen LogP contribution in [0.15, 0.2) is 46.6 Å². The maximum atomic E-state index is 5.85. The molecule has 0 bridgehead atoms. The molecule has 1 fully saturated rings. The number of hydrogen-bond acceptors (Lipinski definition) is 5. The third-order valence-corrected chi connectivity index (χ3v) is 4.17. The smallest absolute Gasteiger partial charge is 0.270 e. The summed E-state index contributed by atoms with van der Waals surface area (Å²) in [5.41, 5.74) is 0.939. The first-order valence-corrected chi connectivity index (χ1v) is 7.93. The van der Waals surface area contributed by atoms with Crippen LogP contribution >= 0.6 is 24.4 Å². The Labute approximate surface area is 145 Å². The Balaban J connectivity index is 1.86. The van der Waals surface area contributed by atoms with E-state index < -0.39 is 0 Å². The highest BCUT2D eigenvalue weighted by Crippen LogP contribution is 2.28. The van der Waals surface area contributed by atoms with Crippen molar-refractivity contribution < 1.29 is 13.9 Å². The molecule has 6 heteroatoms. The summed E-state index contributed by atoms with van der Waals surface area (Å²) in [7, 11) is 1.64. The van der Waals surface area contributed by atoms with Crippen molar-refractivity contribution in [1.82, 2.24) is 4.90 Å². The number of likely N-dealkylation sites (N-methyl/N-ethyl adjacent to an activating group) is 1. The summed E-state index contributed by atoms with van der Waals surface area (Å²) in [5.74, 6) is 2.72. The van der Waals surface area contributed by atoms with Crippen LogP contribution in [-0.4, -0.2) is 28.7 Å². The van der Waals surface area contributed by atoms with E-state index in [0.29, 0.717) is 28.2 Å². The average Bonchev–Trinajstić information content (AvgIpc) is 3.13. The lowest BCUT2D eigenvalue weighted by Crippen LogP contribution is -2.26. The van der Waals surface area contributed by atoms with Gasteiger partial charge in [0, 0.05) is 18.2 Å². The van der Waals surface area contributed by atoms with Gasteiger partial charge < -0.3 is 13.9 Å². The van der Waals surface area contributed by atoms with E-state index in [9.17, 15) is 0 Å². The molecule has 0 spiro atoms. The fraction of sp³-hybridized carbons (Fsp3) is 0.176. The molecule has 4 nitrogen and oxygen atoms in total. The van der Waals surface area contributed by atoms with Gasteiger partial charge in [0.25, 0.3) is 5.17 Å². The van der Waals surface area contributed by atoms with Gasteiger partial charge in [-0.25, -0.2) is 0 Å². The Morgan fingerprint density at radius 1 is 1.22 bits per heavy atom. The molecule has 0 saturated carbocycles. The van der Waals surface area contributed by atoms with E-state index in [1.165, 1.54) is 0 Å². The van der Waals surface area contributed by atoms with Crippen LogP contribution in [-0.2, 0) is 4.74 Å². The monoisotopic (exact) mass is 345 g/mol. The highest BCUT2D eigenvalue weighted by molar-refractivity contribution is 7.82. The summed E-state index contributed by atoms with van der Waals surface area (Å²) in [5, 5.41) is 0.378. The van der Waals surface area contributed by atoms with Crippen LogP contribution in [0.25, 0.3) is 17.4 Å². The third-order valence-electron chi connectivity index (χ3n) is 3.44. The number of benzene rings is 1. The summed E-state index contributed by atoms with van der Waals surface area (Å²) in [6, 6.07) is 11.5. The molecule has 23 heavy (non-hydrogen) atoms. The number of methoxy groups -OCH3 is 1. The maximum absolute atomic E-state index is 5.85. The Bertz CT molecular complexity index is 795. The molecule has 0 radical (unpaired) electrons. The highest BCUT2D eigenvalue weighted by atomic mass is 32.1. The number of rotatable bonds is 4. The highest BCUT2D eigenvalue weighted by Gasteiger charge is 2.28. The molecule has 0 aliphatic carbocycles. The molecule has 2 aromatic rings. The van der Waals surface area contributed by atoms with E-state index in [4.69, 9.17) is 38.3 Å². The average molecular weight is 345 g/mol. The largest absolute Gasteiger partial charge is 0.497 e. The van der Waals surface area contributed by atoms with Gasteiger partial charge in [0.2, 0.25) is 0 Å². The van der Waals surface area contributed by atoms with Gasteiger partial charge in [0.1, 0.15) is 17.3 Å². The van der Waals surface area contributed by atoms with Gasteiger partial charge in [-0.1, -0.05) is 24.4 Å². The van der Waals surface area contributed by atoms with Crippen molar-refractivity contribution in [3.63, 3.8) is 0 Å². The van der Waals surface area contributed by atoms with Gasteiger partial charge in [0.05, 0.1) is 7.11 Å². The zero-order valence-electron chi connectivity index (χ0n) is 12.7. The van der Waals surface area contributed by atoms with E-state index in [-0.39, 0.29) is 0 Å². The van der Waals surface area contributed by atoms with Crippen molar-refractivity contribution in [2.45, 2.75) is 6.92 Å². The number of thiocarbonyl (C=S) groups is 2. The zero-order chi connectivity index (χ0) is 16.4. The Morgan fingerprint density at radius 3 is 2.74 bits per heavy atom. The van der Waals surface area contributed by atoms with Crippen molar-refractivity contribution in [2.24, 2.45) is 0 Å². The quantitative estimate of drug-likeness (QED) is 0.608. The first-order valence-electron chi connectivity index (χ1n) is 7.12. The topological polar surface area (TPSA) is 34.8 Å². The molecule has 0 atom stereocenters. The first-order chi connectivity index (χ1) is 11.1. The molecule has 2 heterocycles. The Hall–Kier alpha value is -2.18. The van der Waals surface area contributed by atoms with Crippen LogP contribution in [0, 0.1) is 0 Å². The van der Waals surface area contributed by atoms with Gasteiger partial charge in [-0.05, 0) is 43.4 Å². The van der Waals surface area contributed by atoms with Gasteiger partial charge in [-0.15, -0.1) is 0 Å². The van der Waals surface area contributed by atoms with Crippen molar-refractivity contribution >= 4 is 40.7 Å². The summed E-state index contributed by atoms with van der Waals surface area (Å²) >= 11 is 10.5. The molecular weight excluding hydrogens is 330 g/mol. The van der Waals surface area contributed by atoms with E-state index in [0.717, 1.165) is 17.1 Å². The molecule has 3 rings (SSSR count). The molecule has 1 aromatic heterocycles. The second kappa shape index (κ2) is 6.52.